The van der Waals surface area contributed by atoms with Crippen molar-refractivity contribution in [1.82, 2.24) is 4.90 Å². The molecule has 0 radical (unpaired) electrons. The van der Waals surface area contributed by atoms with Gasteiger partial charge >= 0.3 is 0 Å². The molecular weight excluding hydrogens is 502 g/mol. The lowest BCUT2D eigenvalue weighted by Gasteiger charge is -2.36. The minimum atomic E-state index is 0.116. The summed E-state index contributed by atoms with van der Waals surface area (Å²) in [4.78, 5) is 16.6. The highest BCUT2D eigenvalue weighted by molar-refractivity contribution is 6.55. The smallest absolute Gasteiger partial charge is 0.223 e. The summed E-state index contributed by atoms with van der Waals surface area (Å²) < 4.78 is 5.77. The Balaban J connectivity index is 1.58. The number of anilines is 1. The molecule has 0 atom stereocenters. The number of benzene rings is 2. The second kappa shape index (κ2) is 11.5. The third-order valence-electron chi connectivity index (χ3n) is 5.01. The van der Waals surface area contributed by atoms with Crippen LogP contribution in [0.15, 0.2) is 47.0 Å². The first-order valence-electron chi connectivity index (χ1n) is 9.74. The Bertz CT molecular complexity index is 955. The second-order valence-corrected chi connectivity index (χ2v) is 9.20. The van der Waals surface area contributed by atoms with Gasteiger partial charge in [-0.1, -0.05) is 76.2 Å². The van der Waals surface area contributed by atoms with Crippen LogP contribution in [0.5, 0.6) is 5.75 Å². The molecule has 2 aromatic rings. The molecule has 2 aromatic carbocycles. The van der Waals surface area contributed by atoms with Gasteiger partial charge in [0.2, 0.25) is 5.91 Å². The molecule has 166 valence electrons. The Hall–Kier alpha value is -1.30. The van der Waals surface area contributed by atoms with Crippen molar-refractivity contribution in [1.29, 1.82) is 0 Å². The lowest BCUT2D eigenvalue weighted by molar-refractivity contribution is -0.131. The number of carbonyl (C=O) groups is 1. The number of hydrogen-bond donors (Lipinski definition) is 0. The van der Waals surface area contributed by atoms with Gasteiger partial charge in [-0.3, -0.25) is 4.79 Å². The van der Waals surface area contributed by atoms with Crippen molar-refractivity contribution in [3.8, 4) is 5.75 Å². The van der Waals surface area contributed by atoms with Crippen LogP contribution in [0.25, 0.3) is 0 Å². The molecule has 0 spiro atoms. The Morgan fingerprint density at radius 3 is 2.39 bits per heavy atom. The maximum atomic E-state index is 12.6. The Morgan fingerprint density at radius 2 is 1.71 bits per heavy atom. The highest BCUT2D eigenvalue weighted by atomic mass is 35.5. The fraction of sp³-hybridized carbons (Fsp3) is 0.318. The SMILES string of the molecule is O=C(CCc1ccccc1Cl)N1CCN(c2cc(OCC=C(Cl)Cl)cc(Cl)c2Cl)CC1. The van der Waals surface area contributed by atoms with Crippen LogP contribution in [0.1, 0.15) is 12.0 Å². The van der Waals surface area contributed by atoms with E-state index in [0.29, 0.717) is 59.8 Å². The lowest BCUT2D eigenvalue weighted by Crippen LogP contribution is -2.49. The zero-order valence-electron chi connectivity index (χ0n) is 16.6. The first-order valence-corrected chi connectivity index (χ1v) is 11.6. The van der Waals surface area contributed by atoms with Crippen LogP contribution < -0.4 is 9.64 Å². The van der Waals surface area contributed by atoms with Crippen molar-refractivity contribution in [2.45, 2.75) is 12.8 Å². The van der Waals surface area contributed by atoms with E-state index in [0.717, 1.165) is 11.3 Å². The molecule has 0 unspecified atom stereocenters. The second-order valence-electron chi connectivity index (χ2n) is 7.00. The van der Waals surface area contributed by atoms with E-state index in [1.165, 1.54) is 6.08 Å². The topological polar surface area (TPSA) is 32.8 Å². The van der Waals surface area contributed by atoms with Gasteiger partial charge in [0.1, 0.15) is 16.8 Å². The quantitative estimate of drug-likeness (QED) is 0.409. The van der Waals surface area contributed by atoms with Crippen molar-refractivity contribution < 1.29 is 9.53 Å². The molecule has 1 amide bonds. The standard InChI is InChI=1S/C22H21Cl5N2O2/c23-17-4-2-1-3-15(17)5-6-21(30)29-10-8-28(9-11-29)19-14-16(13-18(24)22(19)27)31-12-7-20(25)26/h1-4,7,13-14H,5-6,8-12H2. The molecule has 3 rings (SSSR count). The molecule has 0 N–H and O–H groups in total. The van der Waals surface area contributed by atoms with Gasteiger partial charge in [0, 0.05) is 49.8 Å². The zero-order valence-corrected chi connectivity index (χ0v) is 20.4. The molecular formula is C22H21Cl5N2O2. The third-order valence-corrected chi connectivity index (χ3v) is 6.48. The number of halogens is 5. The molecule has 1 aliphatic rings. The van der Waals surface area contributed by atoms with Gasteiger partial charge < -0.3 is 14.5 Å². The molecule has 1 saturated heterocycles. The molecule has 0 aliphatic carbocycles. The summed E-state index contributed by atoms with van der Waals surface area (Å²) in [6, 6.07) is 11.1. The van der Waals surface area contributed by atoms with Crippen molar-refractivity contribution in [3.05, 3.63) is 67.6 Å². The average Bonchev–Trinajstić information content (AvgIpc) is 2.75. The molecule has 9 heteroatoms. The summed E-state index contributed by atoms with van der Waals surface area (Å²) in [6.07, 6.45) is 2.59. The molecule has 0 aromatic heterocycles. The number of ether oxygens (including phenoxy) is 1. The van der Waals surface area contributed by atoms with Crippen LogP contribution in [-0.2, 0) is 11.2 Å². The molecule has 31 heavy (non-hydrogen) atoms. The number of carbonyl (C=O) groups excluding carboxylic acids is 1. The third kappa shape index (κ3) is 6.84. The maximum Gasteiger partial charge on any atom is 0.223 e. The largest absolute Gasteiger partial charge is 0.489 e. The summed E-state index contributed by atoms with van der Waals surface area (Å²) in [5.41, 5.74) is 1.76. The van der Waals surface area contributed by atoms with Gasteiger partial charge in [-0.05, 0) is 24.1 Å². The van der Waals surface area contributed by atoms with E-state index in [2.05, 4.69) is 4.90 Å². The van der Waals surface area contributed by atoms with Gasteiger partial charge in [-0.2, -0.15) is 0 Å². The Kier molecular flexibility index (Phi) is 9.06. The molecule has 0 saturated carbocycles. The Morgan fingerprint density at radius 1 is 1.00 bits per heavy atom. The van der Waals surface area contributed by atoms with Crippen LogP contribution in [0.2, 0.25) is 15.1 Å². The van der Waals surface area contributed by atoms with Gasteiger partial charge in [0.05, 0.1) is 15.7 Å². The normalized spacial score (nSPS) is 13.8. The number of rotatable bonds is 7. The van der Waals surface area contributed by atoms with Gasteiger partial charge in [0.25, 0.3) is 0 Å². The van der Waals surface area contributed by atoms with Crippen LogP contribution in [0, 0.1) is 0 Å². The summed E-state index contributed by atoms with van der Waals surface area (Å²) in [5, 5.41) is 1.55. The number of piperazine rings is 1. The van der Waals surface area contributed by atoms with E-state index in [9.17, 15) is 4.79 Å². The van der Waals surface area contributed by atoms with Crippen LogP contribution >= 0.6 is 58.0 Å². The molecule has 1 fully saturated rings. The first kappa shape index (κ1) is 24.3. The van der Waals surface area contributed by atoms with Crippen molar-refractivity contribution in [3.63, 3.8) is 0 Å². The average molecular weight is 523 g/mol. The number of nitrogens with zero attached hydrogens (tertiary/aromatic N) is 2. The molecule has 1 aliphatic heterocycles. The predicted molar refractivity (Wildman–Crippen MR) is 130 cm³/mol. The minimum absolute atomic E-state index is 0.116. The monoisotopic (exact) mass is 520 g/mol. The fourth-order valence-electron chi connectivity index (χ4n) is 3.36. The number of amides is 1. The highest BCUT2D eigenvalue weighted by Crippen LogP contribution is 2.37. The van der Waals surface area contributed by atoms with Gasteiger partial charge in [-0.25, -0.2) is 0 Å². The molecule has 1 heterocycles. The van der Waals surface area contributed by atoms with Gasteiger partial charge in [-0.15, -0.1) is 0 Å². The van der Waals surface area contributed by atoms with Crippen LogP contribution in [0.4, 0.5) is 5.69 Å². The van der Waals surface area contributed by atoms with E-state index >= 15 is 0 Å². The zero-order chi connectivity index (χ0) is 22.4. The van der Waals surface area contributed by atoms with E-state index in [4.69, 9.17) is 62.7 Å². The first-order chi connectivity index (χ1) is 14.8. The summed E-state index contributed by atoms with van der Waals surface area (Å²) >= 11 is 30.1. The maximum absolute atomic E-state index is 12.6. The minimum Gasteiger partial charge on any atom is -0.489 e. The van der Waals surface area contributed by atoms with Crippen molar-refractivity contribution >= 4 is 69.6 Å². The fourth-order valence-corrected chi connectivity index (χ4v) is 4.15. The van der Waals surface area contributed by atoms with Crippen LogP contribution in [-0.4, -0.2) is 43.6 Å². The van der Waals surface area contributed by atoms with E-state index in [1.807, 2.05) is 35.2 Å². The lowest BCUT2D eigenvalue weighted by atomic mass is 10.1. The number of hydrogen-bond acceptors (Lipinski definition) is 3. The van der Waals surface area contributed by atoms with Crippen LogP contribution in [0.3, 0.4) is 0 Å². The Labute approximate surface area is 207 Å². The van der Waals surface area contributed by atoms with E-state index in [1.54, 1.807) is 6.07 Å². The van der Waals surface area contributed by atoms with Crippen molar-refractivity contribution in [2.75, 3.05) is 37.7 Å². The molecule has 4 nitrogen and oxygen atoms in total. The van der Waals surface area contributed by atoms with E-state index in [-0.39, 0.29) is 17.0 Å². The summed E-state index contributed by atoms with van der Waals surface area (Å²) in [5.74, 6) is 0.680. The summed E-state index contributed by atoms with van der Waals surface area (Å²) in [7, 11) is 0. The highest BCUT2D eigenvalue weighted by Gasteiger charge is 2.23. The molecule has 0 bridgehead atoms. The summed E-state index contributed by atoms with van der Waals surface area (Å²) in [6.45, 7) is 2.71. The predicted octanol–water partition coefficient (Wildman–Crippen LogP) is 6.63. The van der Waals surface area contributed by atoms with Crippen molar-refractivity contribution in [2.24, 2.45) is 0 Å². The number of aryl methyl sites for hydroxylation is 1. The van der Waals surface area contributed by atoms with Gasteiger partial charge in [0.15, 0.2) is 0 Å². The van der Waals surface area contributed by atoms with E-state index < -0.39 is 0 Å².